The summed E-state index contributed by atoms with van der Waals surface area (Å²) in [6.45, 7) is 1.17. The van der Waals surface area contributed by atoms with Crippen molar-refractivity contribution in [3.63, 3.8) is 0 Å². The first-order chi connectivity index (χ1) is 13.5. The van der Waals surface area contributed by atoms with Crippen LogP contribution in [-0.2, 0) is 16.1 Å². The molecular formula is C18H17BrN4O4S. The van der Waals surface area contributed by atoms with E-state index in [0.29, 0.717) is 23.3 Å². The monoisotopic (exact) mass is 464 g/mol. The molecular weight excluding hydrogens is 448 g/mol. The van der Waals surface area contributed by atoms with Gasteiger partial charge in [0, 0.05) is 30.3 Å². The number of amides is 1. The molecule has 0 aliphatic carbocycles. The summed E-state index contributed by atoms with van der Waals surface area (Å²) in [5.74, 6) is -0.0791. The quantitative estimate of drug-likeness (QED) is 0.306. The number of methoxy groups -OCH3 is 1. The normalized spacial score (nSPS) is 10.9. The Kier molecular flexibility index (Phi) is 6.65. The average molecular weight is 465 g/mol. The highest BCUT2D eigenvalue weighted by Gasteiger charge is 2.15. The molecule has 2 aromatic carbocycles. The number of halogens is 1. The Balaban J connectivity index is 1.70. The van der Waals surface area contributed by atoms with Gasteiger partial charge in [0.15, 0.2) is 5.16 Å². The van der Waals surface area contributed by atoms with Gasteiger partial charge in [-0.05, 0) is 34.1 Å². The maximum absolute atomic E-state index is 12.3. The van der Waals surface area contributed by atoms with Crippen molar-refractivity contribution in [3.8, 4) is 0 Å². The van der Waals surface area contributed by atoms with Crippen LogP contribution in [0.1, 0.15) is 0 Å². The Bertz CT molecular complexity index is 1020. The summed E-state index contributed by atoms with van der Waals surface area (Å²) in [7, 11) is 1.64. The van der Waals surface area contributed by atoms with Gasteiger partial charge in [0.2, 0.25) is 5.91 Å². The van der Waals surface area contributed by atoms with Crippen LogP contribution in [0.2, 0.25) is 0 Å². The molecule has 0 aliphatic heterocycles. The maximum Gasteiger partial charge on any atom is 0.270 e. The number of nitro benzene ring substituents is 1. The summed E-state index contributed by atoms with van der Waals surface area (Å²) in [5, 5.41) is 14.3. The van der Waals surface area contributed by atoms with Crippen LogP contribution < -0.4 is 5.32 Å². The van der Waals surface area contributed by atoms with E-state index < -0.39 is 4.92 Å². The number of thioether (sulfide) groups is 1. The van der Waals surface area contributed by atoms with Crippen LogP contribution in [0.4, 0.5) is 11.4 Å². The molecule has 1 heterocycles. The minimum atomic E-state index is -0.489. The number of nitrogens with one attached hydrogen (secondary N) is 1. The second-order valence-electron chi connectivity index (χ2n) is 5.79. The number of non-ortho nitro benzene ring substituents is 1. The molecule has 1 N–H and O–H groups in total. The number of hydrogen-bond donors (Lipinski definition) is 1. The number of para-hydroxylation sites is 2. The van der Waals surface area contributed by atoms with Crippen LogP contribution in [0.15, 0.2) is 52.1 Å². The Morgan fingerprint density at radius 2 is 2.14 bits per heavy atom. The van der Waals surface area contributed by atoms with Gasteiger partial charge in [-0.15, -0.1) is 0 Å². The standard InChI is InChI=1S/C18H17BrN4O4S/c1-27-9-8-22-16-5-3-2-4-15(16)21-18(22)28-11-17(24)20-14-7-6-12(23(25)26)10-13(14)19/h2-7,10H,8-9,11H2,1H3,(H,20,24). The molecule has 8 nitrogen and oxygen atoms in total. The van der Waals surface area contributed by atoms with E-state index >= 15 is 0 Å². The van der Waals surface area contributed by atoms with Crippen molar-refractivity contribution in [2.45, 2.75) is 11.7 Å². The Morgan fingerprint density at radius 1 is 1.36 bits per heavy atom. The number of rotatable bonds is 8. The third kappa shape index (κ3) is 4.70. The van der Waals surface area contributed by atoms with Gasteiger partial charge in [0.1, 0.15) is 0 Å². The predicted octanol–water partition coefficient (Wildman–Crippen LogP) is 4.08. The van der Waals surface area contributed by atoms with Gasteiger partial charge in [0.25, 0.3) is 5.69 Å². The zero-order valence-electron chi connectivity index (χ0n) is 14.9. The Morgan fingerprint density at radius 3 is 2.86 bits per heavy atom. The summed E-state index contributed by atoms with van der Waals surface area (Å²) in [6.07, 6.45) is 0. The summed E-state index contributed by atoms with van der Waals surface area (Å²) in [6, 6.07) is 12.0. The predicted molar refractivity (Wildman–Crippen MR) is 112 cm³/mol. The lowest BCUT2D eigenvalue weighted by Gasteiger charge is -2.09. The molecule has 0 unspecified atom stereocenters. The molecule has 0 aliphatic rings. The number of anilines is 1. The molecule has 0 atom stereocenters. The fourth-order valence-electron chi connectivity index (χ4n) is 2.60. The van der Waals surface area contributed by atoms with Crippen LogP contribution in [0.25, 0.3) is 11.0 Å². The highest BCUT2D eigenvalue weighted by molar-refractivity contribution is 9.10. The molecule has 0 spiro atoms. The van der Waals surface area contributed by atoms with Crippen molar-refractivity contribution in [1.82, 2.24) is 9.55 Å². The summed E-state index contributed by atoms with van der Waals surface area (Å²) in [4.78, 5) is 27.3. The van der Waals surface area contributed by atoms with Crippen LogP contribution in [0.3, 0.4) is 0 Å². The lowest BCUT2D eigenvalue weighted by Crippen LogP contribution is -2.15. The van der Waals surface area contributed by atoms with E-state index in [0.717, 1.165) is 16.2 Å². The highest BCUT2D eigenvalue weighted by Crippen LogP contribution is 2.28. The lowest BCUT2D eigenvalue weighted by molar-refractivity contribution is -0.384. The number of fused-ring (bicyclic) bond motifs is 1. The van der Waals surface area contributed by atoms with Crippen molar-refractivity contribution in [3.05, 3.63) is 57.1 Å². The number of imidazole rings is 1. The Labute approximate surface area is 173 Å². The zero-order chi connectivity index (χ0) is 20.1. The van der Waals surface area contributed by atoms with E-state index in [4.69, 9.17) is 4.74 Å². The first-order valence-corrected chi connectivity index (χ1v) is 10.1. The molecule has 0 radical (unpaired) electrons. The van der Waals surface area contributed by atoms with Gasteiger partial charge in [0.05, 0.1) is 34.0 Å². The Hall–Kier alpha value is -2.43. The third-order valence-electron chi connectivity index (χ3n) is 3.91. The van der Waals surface area contributed by atoms with Gasteiger partial charge in [-0.2, -0.15) is 0 Å². The number of carbonyl (C=O) groups is 1. The minimum absolute atomic E-state index is 0.0499. The van der Waals surface area contributed by atoms with Crippen molar-refractivity contribution in [2.75, 3.05) is 24.8 Å². The molecule has 10 heteroatoms. The first kappa shape index (κ1) is 20.3. The minimum Gasteiger partial charge on any atom is -0.383 e. The fraction of sp³-hybridized carbons (Fsp3) is 0.222. The number of carbonyl (C=O) groups excluding carboxylic acids is 1. The van der Waals surface area contributed by atoms with E-state index in [1.165, 1.54) is 30.0 Å². The fourth-order valence-corrected chi connectivity index (χ4v) is 3.90. The summed E-state index contributed by atoms with van der Waals surface area (Å²) < 4.78 is 7.65. The van der Waals surface area contributed by atoms with E-state index in [9.17, 15) is 14.9 Å². The average Bonchev–Trinajstić information content (AvgIpc) is 3.03. The van der Waals surface area contributed by atoms with Gasteiger partial charge < -0.3 is 14.6 Å². The third-order valence-corrected chi connectivity index (χ3v) is 5.54. The number of aromatic nitrogens is 2. The first-order valence-electron chi connectivity index (χ1n) is 8.30. The topological polar surface area (TPSA) is 99.3 Å². The molecule has 0 fully saturated rings. The van der Waals surface area contributed by atoms with Gasteiger partial charge in [-0.1, -0.05) is 23.9 Å². The molecule has 1 amide bonds. The van der Waals surface area contributed by atoms with Crippen LogP contribution in [-0.4, -0.2) is 39.9 Å². The summed E-state index contributed by atoms with van der Waals surface area (Å²) in [5.41, 5.74) is 2.27. The van der Waals surface area contributed by atoms with Crippen LogP contribution in [0.5, 0.6) is 0 Å². The number of hydrogen-bond acceptors (Lipinski definition) is 6. The van der Waals surface area contributed by atoms with Gasteiger partial charge in [-0.3, -0.25) is 14.9 Å². The molecule has 3 rings (SSSR count). The van der Waals surface area contributed by atoms with E-state index in [1.54, 1.807) is 7.11 Å². The second-order valence-corrected chi connectivity index (χ2v) is 7.58. The molecule has 0 saturated heterocycles. The summed E-state index contributed by atoms with van der Waals surface area (Å²) >= 11 is 4.57. The molecule has 28 heavy (non-hydrogen) atoms. The number of nitrogens with zero attached hydrogens (tertiary/aromatic N) is 3. The zero-order valence-corrected chi connectivity index (χ0v) is 17.3. The number of nitro groups is 1. The SMILES string of the molecule is COCCn1c(SCC(=O)Nc2ccc([N+](=O)[O-])cc2Br)nc2ccccc21. The molecule has 146 valence electrons. The van der Waals surface area contributed by atoms with E-state index in [1.807, 2.05) is 28.8 Å². The van der Waals surface area contributed by atoms with Crippen molar-refractivity contribution < 1.29 is 14.5 Å². The smallest absolute Gasteiger partial charge is 0.270 e. The molecule has 3 aromatic rings. The lowest BCUT2D eigenvalue weighted by atomic mass is 10.3. The molecule has 1 aromatic heterocycles. The number of benzene rings is 2. The van der Waals surface area contributed by atoms with Crippen molar-refractivity contribution >= 4 is 56.0 Å². The highest BCUT2D eigenvalue weighted by atomic mass is 79.9. The van der Waals surface area contributed by atoms with Crippen LogP contribution in [0, 0.1) is 10.1 Å². The van der Waals surface area contributed by atoms with Crippen molar-refractivity contribution in [2.24, 2.45) is 0 Å². The maximum atomic E-state index is 12.3. The van der Waals surface area contributed by atoms with Crippen LogP contribution >= 0.6 is 27.7 Å². The van der Waals surface area contributed by atoms with E-state index in [2.05, 4.69) is 26.2 Å². The number of ether oxygens (including phenoxy) is 1. The van der Waals surface area contributed by atoms with E-state index in [-0.39, 0.29) is 17.3 Å². The van der Waals surface area contributed by atoms with Gasteiger partial charge in [-0.25, -0.2) is 4.98 Å². The molecule has 0 bridgehead atoms. The van der Waals surface area contributed by atoms with Gasteiger partial charge >= 0.3 is 0 Å². The second kappa shape index (κ2) is 9.18. The van der Waals surface area contributed by atoms with Crippen molar-refractivity contribution in [1.29, 1.82) is 0 Å². The molecule has 0 saturated carbocycles. The largest absolute Gasteiger partial charge is 0.383 e.